The van der Waals surface area contributed by atoms with Crippen LogP contribution in [0.1, 0.15) is 24.1 Å². The monoisotopic (exact) mass is 434 g/mol. The van der Waals surface area contributed by atoms with E-state index in [0.717, 1.165) is 25.0 Å². The molecule has 32 heavy (non-hydrogen) atoms. The average molecular weight is 435 g/mol. The molecule has 0 radical (unpaired) electrons. The van der Waals surface area contributed by atoms with E-state index in [1.807, 2.05) is 72.2 Å². The number of nitrogens with zero attached hydrogens (tertiary/aromatic N) is 4. The molecular formula is C26H34N4O2. The molecule has 0 bridgehead atoms. The molecule has 1 aromatic carbocycles. The van der Waals surface area contributed by atoms with Crippen LogP contribution in [0.2, 0.25) is 0 Å². The van der Waals surface area contributed by atoms with Crippen molar-refractivity contribution in [2.75, 3.05) is 40.8 Å². The summed E-state index contributed by atoms with van der Waals surface area (Å²) in [6.07, 6.45) is 7.70. The van der Waals surface area contributed by atoms with Gasteiger partial charge in [0.15, 0.2) is 0 Å². The minimum atomic E-state index is 0.0192. The summed E-state index contributed by atoms with van der Waals surface area (Å²) in [4.78, 5) is 35.4. The number of benzene rings is 1. The normalized spacial score (nSPS) is 15.8. The Kier molecular flexibility index (Phi) is 8.56. The van der Waals surface area contributed by atoms with Gasteiger partial charge in [-0.25, -0.2) is 0 Å². The van der Waals surface area contributed by atoms with Crippen molar-refractivity contribution in [3.05, 3.63) is 72.1 Å². The number of carbonyl (C=O) groups is 2. The van der Waals surface area contributed by atoms with E-state index < -0.39 is 0 Å². The van der Waals surface area contributed by atoms with Crippen LogP contribution in [0.3, 0.4) is 0 Å². The number of likely N-dealkylation sites (N-methyl/N-ethyl adjacent to an activating group) is 2. The molecule has 2 aromatic rings. The lowest BCUT2D eigenvalue weighted by molar-refractivity contribution is -0.135. The van der Waals surface area contributed by atoms with Crippen LogP contribution >= 0.6 is 0 Å². The van der Waals surface area contributed by atoms with Gasteiger partial charge in [0.2, 0.25) is 11.8 Å². The fourth-order valence-electron chi connectivity index (χ4n) is 4.28. The van der Waals surface area contributed by atoms with Crippen LogP contribution in [-0.2, 0) is 16.0 Å². The molecule has 1 aliphatic heterocycles. The Bertz CT molecular complexity index is 891. The van der Waals surface area contributed by atoms with Gasteiger partial charge in [-0.05, 0) is 63.0 Å². The summed E-state index contributed by atoms with van der Waals surface area (Å²) in [6.45, 7) is 1.81. The Labute approximate surface area is 191 Å². The topological polar surface area (TPSA) is 56.8 Å². The summed E-state index contributed by atoms with van der Waals surface area (Å²) in [5.74, 6) is 0.508. The van der Waals surface area contributed by atoms with Crippen molar-refractivity contribution in [2.45, 2.75) is 25.3 Å². The van der Waals surface area contributed by atoms with Crippen LogP contribution in [0.5, 0.6) is 0 Å². The molecule has 1 fully saturated rings. The van der Waals surface area contributed by atoms with Gasteiger partial charge in [0.25, 0.3) is 0 Å². The Balaban J connectivity index is 1.64. The quantitative estimate of drug-likeness (QED) is 0.600. The highest BCUT2D eigenvalue weighted by Gasteiger charge is 2.32. The maximum absolute atomic E-state index is 12.8. The molecule has 170 valence electrons. The lowest BCUT2D eigenvalue weighted by atomic mass is 9.85. The van der Waals surface area contributed by atoms with Crippen LogP contribution in [0.25, 0.3) is 6.08 Å². The molecule has 0 N–H and O–H groups in total. The van der Waals surface area contributed by atoms with E-state index in [1.165, 1.54) is 5.56 Å². The number of hydrogen-bond acceptors (Lipinski definition) is 4. The molecule has 0 unspecified atom stereocenters. The highest BCUT2D eigenvalue weighted by Crippen LogP contribution is 2.27. The minimum absolute atomic E-state index is 0.0192. The fraction of sp³-hybridized carbons (Fsp3) is 0.423. The maximum atomic E-state index is 12.8. The minimum Gasteiger partial charge on any atom is -0.341 e. The Morgan fingerprint density at radius 1 is 1.06 bits per heavy atom. The first kappa shape index (κ1) is 23.7. The molecule has 0 aliphatic carbocycles. The lowest BCUT2D eigenvalue weighted by Gasteiger charge is -2.40. The van der Waals surface area contributed by atoms with Gasteiger partial charge in [0.1, 0.15) is 0 Å². The number of likely N-dealkylation sites (tertiary alicyclic amines) is 1. The van der Waals surface area contributed by atoms with Crippen molar-refractivity contribution in [2.24, 2.45) is 5.92 Å². The SMILES string of the molecule is CN(C)CC(=O)N(C)[C@H](Cc1ccccc1)C1CCN(C(=O)/C=C/c2ccccn2)CC1. The molecule has 2 amide bonds. The summed E-state index contributed by atoms with van der Waals surface area (Å²) in [6, 6.07) is 16.1. The standard InChI is InChI=1S/C26H34N4O2/c1-28(2)20-26(32)29(3)24(19-21-9-5-4-6-10-21)22-14-17-30(18-15-22)25(31)13-12-23-11-7-8-16-27-23/h4-13,16,22,24H,14-15,17-20H2,1-3H3/b13-12+/t24-/m1/s1. The van der Waals surface area contributed by atoms with Gasteiger partial charge in [-0.1, -0.05) is 36.4 Å². The van der Waals surface area contributed by atoms with Gasteiger partial charge in [-0.15, -0.1) is 0 Å². The molecule has 1 aliphatic rings. The first-order valence-corrected chi connectivity index (χ1v) is 11.3. The van der Waals surface area contributed by atoms with E-state index in [2.05, 4.69) is 17.1 Å². The summed E-state index contributed by atoms with van der Waals surface area (Å²) < 4.78 is 0. The van der Waals surface area contributed by atoms with Gasteiger partial charge in [0, 0.05) is 38.5 Å². The Morgan fingerprint density at radius 3 is 2.38 bits per heavy atom. The van der Waals surface area contributed by atoms with Crippen LogP contribution < -0.4 is 0 Å². The third-order valence-corrected chi connectivity index (χ3v) is 6.11. The van der Waals surface area contributed by atoms with E-state index in [1.54, 1.807) is 18.3 Å². The zero-order chi connectivity index (χ0) is 22.9. The number of amides is 2. The molecule has 6 heteroatoms. The molecule has 1 atom stereocenters. The number of hydrogen-bond donors (Lipinski definition) is 0. The molecular weight excluding hydrogens is 400 g/mol. The van der Waals surface area contributed by atoms with Crippen molar-refractivity contribution in [1.82, 2.24) is 19.7 Å². The molecule has 6 nitrogen and oxygen atoms in total. The van der Waals surface area contributed by atoms with Crippen LogP contribution in [0.15, 0.2) is 60.8 Å². The second-order valence-electron chi connectivity index (χ2n) is 8.75. The van der Waals surface area contributed by atoms with E-state index in [0.29, 0.717) is 25.6 Å². The van der Waals surface area contributed by atoms with E-state index in [-0.39, 0.29) is 17.9 Å². The predicted molar refractivity (Wildman–Crippen MR) is 128 cm³/mol. The second-order valence-corrected chi connectivity index (χ2v) is 8.75. The first-order chi connectivity index (χ1) is 15.4. The molecule has 0 spiro atoms. The zero-order valence-corrected chi connectivity index (χ0v) is 19.4. The number of pyridine rings is 1. The van der Waals surface area contributed by atoms with Crippen LogP contribution in [-0.4, -0.2) is 78.3 Å². The Hall–Kier alpha value is -2.99. The number of piperidine rings is 1. The smallest absolute Gasteiger partial charge is 0.246 e. The van der Waals surface area contributed by atoms with Crippen molar-refractivity contribution in [1.29, 1.82) is 0 Å². The molecule has 3 rings (SSSR count). The van der Waals surface area contributed by atoms with Crippen molar-refractivity contribution >= 4 is 17.9 Å². The predicted octanol–water partition coefficient (Wildman–Crippen LogP) is 2.96. The number of carbonyl (C=O) groups excluding carboxylic acids is 2. The first-order valence-electron chi connectivity index (χ1n) is 11.3. The van der Waals surface area contributed by atoms with Gasteiger partial charge in [0.05, 0.1) is 12.2 Å². The third kappa shape index (κ3) is 6.76. The van der Waals surface area contributed by atoms with E-state index in [9.17, 15) is 9.59 Å². The molecule has 1 saturated heterocycles. The Morgan fingerprint density at radius 2 is 1.75 bits per heavy atom. The summed E-state index contributed by atoms with van der Waals surface area (Å²) in [5.41, 5.74) is 2.01. The number of aromatic nitrogens is 1. The fourth-order valence-corrected chi connectivity index (χ4v) is 4.28. The van der Waals surface area contributed by atoms with E-state index in [4.69, 9.17) is 0 Å². The van der Waals surface area contributed by atoms with Gasteiger partial charge in [-0.2, -0.15) is 0 Å². The molecule has 0 saturated carbocycles. The molecule has 1 aromatic heterocycles. The lowest BCUT2D eigenvalue weighted by Crippen LogP contribution is -2.50. The summed E-state index contributed by atoms with van der Waals surface area (Å²) >= 11 is 0. The highest BCUT2D eigenvalue weighted by molar-refractivity contribution is 5.91. The highest BCUT2D eigenvalue weighted by atomic mass is 16.2. The molecule has 2 heterocycles. The summed E-state index contributed by atoms with van der Waals surface area (Å²) in [7, 11) is 5.76. The average Bonchev–Trinajstić information content (AvgIpc) is 2.81. The van der Waals surface area contributed by atoms with E-state index >= 15 is 0 Å². The van der Waals surface area contributed by atoms with Gasteiger partial charge < -0.3 is 14.7 Å². The van der Waals surface area contributed by atoms with Gasteiger partial charge >= 0.3 is 0 Å². The zero-order valence-electron chi connectivity index (χ0n) is 19.4. The maximum Gasteiger partial charge on any atom is 0.246 e. The third-order valence-electron chi connectivity index (χ3n) is 6.11. The van der Waals surface area contributed by atoms with Crippen molar-refractivity contribution in [3.8, 4) is 0 Å². The second kappa shape index (κ2) is 11.6. The van der Waals surface area contributed by atoms with Crippen LogP contribution in [0.4, 0.5) is 0 Å². The largest absolute Gasteiger partial charge is 0.341 e. The van der Waals surface area contributed by atoms with Crippen molar-refractivity contribution < 1.29 is 9.59 Å². The van der Waals surface area contributed by atoms with Gasteiger partial charge in [-0.3, -0.25) is 14.6 Å². The number of rotatable bonds is 8. The van der Waals surface area contributed by atoms with Crippen molar-refractivity contribution in [3.63, 3.8) is 0 Å². The van der Waals surface area contributed by atoms with Crippen LogP contribution in [0, 0.1) is 5.92 Å². The summed E-state index contributed by atoms with van der Waals surface area (Å²) in [5, 5.41) is 0.